The molecule has 110 valence electrons. The summed E-state index contributed by atoms with van der Waals surface area (Å²) in [6, 6.07) is 7.94. The first-order chi connectivity index (χ1) is 9.55. The number of hydrogen-bond acceptors (Lipinski definition) is 3. The maximum Gasteiger partial charge on any atom is 0.331 e. The third-order valence-corrected chi connectivity index (χ3v) is 4.55. The lowest BCUT2D eigenvalue weighted by molar-refractivity contribution is -0.150. The molecule has 2 rings (SSSR count). The van der Waals surface area contributed by atoms with E-state index in [1.54, 1.807) is 0 Å². The molecule has 0 saturated heterocycles. The van der Waals surface area contributed by atoms with E-state index >= 15 is 0 Å². The van der Waals surface area contributed by atoms with E-state index in [2.05, 4.69) is 28.2 Å². The molecule has 0 aliphatic heterocycles. The Morgan fingerprint density at radius 3 is 2.50 bits per heavy atom. The number of halogens is 1. The third-order valence-electron chi connectivity index (χ3n) is 4.02. The number of nitrogens with one attached hydrogen (secondary N) is 1. The lowest BCUT2D eigenvalue weighted by atomic mass is 9.77. The van der Waals surface area contributed by atoms with Gasteiger partial charge in [-0.15, -0.1) is 0 Å². The summed E-state index contributed by atoms with van der Waals surface area (Å²) in [6.07, 6.45) is 3.79. The van der Waals surface area contributed by atoms with E-state index in [9.17, 15) is 4.79 Å². The van der Waals surface area contributed by atoms with E-state index in [-0.39, 0.29) is 5.97 Å². The standard InChI is InChI=1S/C16H22BrNO2/c1-3-20-15(19)16(10-8-12(2)9-11-16)18-14-6-4-13(17)5-7-14/h4-7,12,18H,3,8-11H2,1-2H3. The van der Waals surface area contributed by atoms with Gasteiger partial charge in [-0.3, -0.25) is 0 Å². The number of esters is 1. The Balaban J connectivity index is 2.18. The molecule has 20 heavy (non-hydrogen) atoms. The Kier molecular flexibility index (Phi) is 5.08. The molecule has 1 aliphatic rings. The van der Waals surface area contributed by atoms with Crippen LogP contribution in [0.2, 0.25) is 0 Å². The van der Waals surface area contributed by atoms with Gasteiger partial charge >= 0.3 is 5.97 Å². The van der Waals surface area contributed by atoms with Crippen LogP contribution in [0.1, 0.15) is 39.5 Å². The largest absolute Gasteiger partial charge is 0.464 e. The van der Waals surface area contributed by atoms with Crippen molar-refractivity contribution in [3.05, 3.63) is 28.7 Å². The fourth-order valence-corrected chi connectivity index (χ4v) is 2.98. The summed E-state index contributed by atoms with van der Waals surface area (Å²) in [4.78, 5) is 12.4. The molecule has 0 heterocycles. The number of rotatable bonds is 4. The molecular weight excluding hydrogens is 318 g/mol. The van der Waals surface area contributed by atoms with E-state index in [1.807, 2.05) is 31.2 Å². The summed E-state index contributed by atoms with van der Waals surface area (Å²) in [5.74, 6) is 0.569. The number of anilines is 1. The molecule has 0 spiro atoms. The average molecular weight is 340 g/mol. The average Bonchev–Trinajstić information content (AvgIpc) is 2.44. The Morgan fingerprint density at radius 2 is 1.95 bits per heavy atom. The summed E-state index contributed by atoms with van der Waals surface area (Å²) >= 11 is 3.43. The fourth-order valence-electron chi connectivity index (χ4n) is 2.71. The maximum absolute atomic E-state index is 12.4. The van der Waals surface area contributed by atoms with E-state index in [1.165, 1.54) is 0 Å². The van der Waals surface area contributed by atoms with E-state index in [4.69, 9.17) is 4.74 Å². The second kappa shape index (κ2) is 6.61. The Hall–Kier alpha value is -1.03. The Bertz CT molecular complexity index is 450. The molecule has 0 radical (unpaired) electrons. The molecule has 1 saturated carbocycles. The van der Waals surface area contributed by atoms with Gasteiger partial charge in [0.1, 0.15) is 5.54 Å². The van der Waals surface area contributed by atoms with Gasteiger partial charge in [-0.1, -0.05) is 22.9 Å². The van der Waals surface area contributed by atoms with Crippen molar-refractivity contribution in [2.75, 3.05) is 11.9 Å². The van der Waals surface area contributed by atoms with Gasteiger partial charge < -0.3 is 10.1 Å². The summed E-state index contributed by atoms with van der Waals surface area (Å²) in [7, 11) is 0. The highest BCUT2D eigenvalue weighted by atomic mass is 79.9. The first-order valence-electron chi connectivity index (χ1n) is 7.27. The summed E-state index contributed by atoms with van der Waals surface area (Å²) in [6.45, 7) is 4.53. The lowest BCUT2D eigenvalue weighted by Crippen LogP contribution is -2.50. The minimum Gasteiger partial charge on any atom is -0.464 e. The van der Waals surface area contributed by atoms with Crippen molar-refractivity contribution in [1.29, 1.82) is 0 Å². The number of ether oxygens (including phenoxy) is 1. The molecule has 1 aromatic rings. The zero-order chi connectivity index (χ0) is 14.6. The molecule has 4 heteroatoms. The number of carbonyl (C=O) groups is 1. The lowest BCUT2D eigenvalue weighted by Gasteiger charge is -2.38. The van der Waals surface area contributed by atoms with Crippen LogP contribution in [0.4, 0.5) is 5.69 Å². The quantitative estimate of drug-likeness (QED) is 0.827. The molecule has 1 aliphatic carbocycles. The summed E-state index contributed by atoms with van der Waals surface area (Å²) in [5, 5.41) is 3.43. The molecule has 1 aromatic carbocycles. The molecule has 0 unspecified atom stereocenters. The monoisotopic (exact) mass is 339 g/mol. The molecule has 0 amide bonds. The molecule has 1 N–H and O–H groups in total. The van der Waals surface area contributed by atoms with Gasteiger partial charge in [0.05, 0.1) is 6.61 Å². The zero-order valence-electron chi connectivity index (χ0n) is 12.1. The van der Waals surface area contributed by atoms with E-state index in [0.29, 0.717) is 12.5 Å². The topological polar surface area (TPSA) is 38.3 Å². The summed E-state index contributed by atoms with van der Waals surface area (Å²) in [5.41, 5.74) is 0.409. The Labute approximate surface area is 129 Å². The normalized spacial score (nSPS) is 26.1. The van der Waals surface area contributed by atoms with Gasteiger partial charge in [-0.25, -0.2) is 4.79 Å². The molecular formula is C16H22BrNO2. The van der Waals surface area contributed by atoms with Crippen LogP contribution in [0.25, 0.3) is 0 Å². The van der Waals surface area contributed by atoms with Crippen molar-refractivity contribution in [3.63, 3.8) is 0 Å². The summed E-state index contributed by atoms with van der Waals surface area (Å²) < 4.78 is 6.34. The van der Waals surface area contributed by atoms with Gasteiger partial charge in [-0.05, 0) is 62.8 Å². The SMILES string of the molecule is CCOC(=O)C1(Nc2ccc(Br)cc2)CCC(C)CC1. The molecule has 0 aromatic heterocycles. The third kappa shape index (κ3) is 3.54. The minimum absolute atomic E-state index is 0.116. The van der Waals surface area contributed by atoms with Gasteiger partial charge in [0.25, 0.3) is 0 Å². The first kappa shape index (κ1) is 15.4. The van der Waals surface area contributed by atoms with Crippen LogP contribution in [0.5, 0.6) is 0 Å². The van der Waals surface area contributed by atoms with Gasteiger partial charge in [0, 0.05) is 10.2 Å². The van der Waals surface area contributed by atoms with Gasteiger partial charge in [0.2, 0.25) is 0 Å². The van der Waals surface area contributed by atoms with Crippen molar-refractivity contribution < 1.29 is 9.53 Å². The van der Waals surface area contributed by atoms with Gasteiger partial charge in [0.15, 0.2) is 0 Å². The number of hydrogen-bond donors (Lipinski definition) is 1. The molecule has 0 atom stereocenters. The molecule has 1 fully saturated rings. The second-order valence-electron chi connectivity index (χ2n) is 5.62. The van der Waals surface area contributed by atoms with Crippen molar-refractivity contribution in [2.24, 2.45) is 5.92 Å². The van der Waals surface area contributed by atoms with Crippen LogP contribution in [0, 0.1) is 5.92 Å². The highest BCUT2D eigenvalue weighted by molar-refractivity contribution is 9.10. The van der Waals surface area contributed by atoms with Crippen molar-refractivity contribution in [1.82, 2.24) is 0 Å². The first-order valence-corrected chi connectivity index (χ1v) is 8.06. The van der Waals surface area contributed by atoms with Crippen LogP contribution in [0.15, 0.2) is 28.7 Å². The predicted molar refractivity (Wildman–Crippen MR) is 84.8 cm³/mol. The second-order valence-corrected chi connectivity index (χ2v) is 6.53. The fraction of sp³-hybridized carbons (Fsp3) is 0.562. The smallest absolute Gasteiger partial charge is 0.331 e. The Morgan fingerprint density at radius 1 is 1.35 bits per heavy atom. The number of benzene rings is 1. The van der Waals surface area contributed by atoms with Crippen LogP contribution in [0.3, 0.4) is 0 Å². The van der Waals surface area contributed by atoms with E-state index in [0.717, 1.165) is 35.8 Å². The highest BCUT2D eigenvalue weighted by Crippen LogP contribution is 2.36. The van der Waals surface area contributed by atoms with Gasteiger partial charge in [-0.2, -0.15) is 0 Å². The van der Waals surface area contributed by atoms with Crippen LogP contribution >= 0.6 is 15.9 Å². The zero-order valence-corrected chi connectivity index (χ0v) is 13.7. The van der Waals surface area contributed by atoms with E-state index < -0.39 is 5.54 Å². The molecule has 0 bridgehead atoms. The molecule has 3 nitrogen and oxygen atoms in total. The van der Waals surface area contributed by atoms with Crippen LogP contribution in [-0.2, 0) is 9.53 Å². The van der Waals surface area contributed by atoms with Crippen LogP contribution < -0.4 is 5.32 Å². The maximum atomic E-state index is 12.4. The number of carbonyl (C=O) groups excluding carboxylic acids is 1. The highest BCUT2D eigenvalue weighted by Gasteiger charge is 2.42. The van der Waals surface area contributed by atoms with Crippen molar-refractivity contribution in [3.8, 4) is 0 Å². The predicted octanol–water partition coefficient (Wildman–Crippen LogP) is 4.37. The van der Waals surface area contributed by atoms with Crippen LogP contribution in [-0.4, -0.2) is 18.1 Å². The minimum atomic E-state index is -0.559. The van der Waals surface area contributed by atoms with Crippen molar-refractivity contribution >= 4 is 27.6 Å². The van der Waals surface area contributed by atoms with Crippen molar-refractivity contribution in [2.45, 2.75) is 45.1 Å².